The maximum Gasteiger partial charge on any atom is 0.407 e. The first-order valence-electron chi connectivity index (χ1n) is 5.26. The van der Waals surface area contributed by atoms with Gasteiger partial charge in [0.2, 0.25) is 0 Å². The number of hydrogen-bond donors (Lipinski definition) is 2. The number of rotatable bonds is 3. The van der Waals surface area contributed by atoms with Crippen LogP contribution in [0, 0.1) is 5.41 Å². The Morgan fingerprint density at radius 1 is 1.27 bits per heavy atom. The van der Waals surface area contributed by atoms with Gasteiger partial charge in [-0.3, -0.25) is 4.90 Å². The van der Waals surface area contributed by atoms with Gasteiger partial charge in [-0.05, 0) is 0 Å². The van der Waals surface area contributed by atoms with Gasteiger partial charge in [0.15, 0.2) is 0 Å². The lowest BCUT2D eigenvalue weighted by atomic mass is 9.94. The van der Waals surface area contributed by atoms with Crippen LogP contribution in [-0.4, -0.2) is 65.4 Å². The Morgan fingerprint density at radius 2 is 1.80 bits per heavy atom. The number of aliphatic hydroxyl groups is 1. The summed E-state index contributed by atoms with van der Waals surface area (Å²) in [6.07, 6.45) is -0.837. The van der Waals surface area contributed by atoms with Crippen molar-refractivity contribution < 1.29 is 15.0 Å². The van der Waals surface area contributed by atoms with Crippen LogP contribution in [0.4, 0.5) is 4.79 Å². The number of carboxylic acid groups (broad SMARTS) is 1. The number of hydrogen-bond acceptors (Lipinski definition) is 3. The average Bonchev–Trinajstić information content (AvgIpc) is 2.18. The highest BCUT2D eigenvalue weighted by Gasteiger charge is 2.25. The molecule has 1 amide bonds. The third-order valence-corrected chi connectivity index (χ3v) is 2.72. The lowest BCUT2D eigenvalue weighted by Crippen LogP contribution is -2.50. The van der Waals surface area contributed by atoms with Crippen molar-refractivity contribution >= 4 is 6.09 Å². The SMILES string of the molecule is CC(C)(CO)CN1CCN(C(=O)O)CC1. The predicted octanol–water partition coefficient (Wildman–Crippen LogP) is 0.300. The molecule has 0 aromatic rings. The summed E-state index contributed by atoms with van der Waals surface area (Å²) in [5, 5.41) is 17.9. The molecular weight excluding hydrogens is 196 g/mol. The number of aliphatic hydroxyl groups excluding tert-OH is 1. The van der Waals surface area contributed by atoms with Crippen LogP contribution in [0.25, 0.3) is 0 Å². The van der Waals surface area contributed by atoms with Gasteiger partial charge in [-0.15, -0.1) is 0 Å². The van der Waals surface area contributed by atoms with E-state index in [1.807, 2.05) is 13.8 Å². The minimum atomic E-state index is -0.837. The second-order valence-electron chi connectivity index (χ2n) is 4.87. The van der Waals surface area contributed by atoms with Gasteiger partial charge in [-0.2, -0.15) is 0 Å². The fourth-order valence-electron chi connectivity index (χ4n) is 1.75. The summed E-state index contributed by atoms with van der Waals surface area (Å²) in [5.41, 5.74) is -0.106. The van der Waals surface area contributed by atoms with Crippen molar-refractivity contribution in [3.63, 3.8) is 0 Å². The molecule has 5 heteroatoms. The van der Waals surface area contributed by atoms with Gasteiger partial charge < -0.3 is 15.1 Å². The highest BCUT2D eigenvalue weighted by molar-refractivity contribution is 5.65. The third kappa shape index (κ3) is 3.68. The fraction of sp³-hybridized carbons (Fsp3) is 0.900. The topological polar surface area (TPSA) is 64.0 Å². The zero-order valence-corrected chi connectivity index (χ0v) is 9.44. The fourth-order valence-corrected chi connectivity index (χ4v) is 1.75. The van der Waals surface area contributed by atoms with E-state index in [1.54, 1.807) is 0 Å². The molecule has 1 rings (SSSR count). The van der Waals surface area contributed by atoms with Gasteiger partial charge in [0.25, 0.3) is 0 Å². The minimum Gasteiger partial charge on any atom is -0.465 e. The maximum atomic E-state index is 10.7. The van der Waals surface area contributed by atoms with Crippen LogP contribution < -0.4 is 0 Å². The van der Waals surface area contributed by atoms with Crippen molar-refractivity contribution in [2.45, 2.75) is 13.8 Å². The molecule has 0 aliphatic carbocycles. The van der Waals surface area contributed by atoms with Gasteiger partial charge in [0.05, 0.1) is 0 Å². The molecular formula is C10H20N2O3. The second-order valence-corrected chi connectivity index (χ2v) is 4.87. The molecule has 0 aromatic heterocycles. The smallest absolute Gasteiger partial charge is 0.407 e. The van der Waals surface area contributed by atoms with Gasteiger partial charge in [0, 0.05) is 44.7 Å². The van der Waals surface area contributed by atoms with Crippen molar-refractivity contribution in [3.8, 4) is 0 Å². The van der Waals surface area contributed by atoms with E-state index in [9.17, 15) is 4.79 Å². The summed E-state index contributed by atoms with van der Waals surface area (Å²) in [5.74, 6) is 0. The molecule has 0 radical (unpaired) electrons. The summed E-state index contributed by atoms with van der Waals surface area (Å²) >= 11 is 0. The van der Waals surface area contributed by atoms with Crippen LogP contribution in [0.5, 0.6) is 0 Å². The molecule has 0 saturated carbocycles. The molecule has 1 heterocycles. The Balaban J connectivity index is 2.35. The zero-order valence-electron chi connectivity index (χ0n) is 9.44. The molecule has 0 spiro atoms. The van der Waals surface area contributed by atoms with Crippen LogP contribution >= 0.6 is 0 Å². The molecule has 15 heavy (non-hydrogen) atoms. The first-order chi connectivity index (χ1) is 6.94. The van der Waals surface area contributed by atoms with Gasteiger partial charge in [-0.25, -0.2) is 4.79 Å². The molecule has 1 fully saturated rings. The molecule has 0 unspecified atom stereocenters. The lowest BCUT2D eigenvalue weighted by molar-refractivity contribution is 0.0641. The molecule has 1 saturated heterocycles. The predicted molar refractivity (Wildman–Crippen MR) is 56.9 cm³/mol. The zero-order chi connectivity index (χ0) is 11.5. The monoisotopic (exact) mass is 216 g/mol. The van der Waals surface area contributed by atoms with E-state index in [-0.39, 0.29) is 12.0 Å². The van der Waals surface area contributed by atoms with Crippen LogP contribution in [-0.2, 0) is 0 Å². The van der Waals surface area contributed by atoms with Crippen LogP contribution in [0.2, 0.25) is 0 Å². The number of nitrogens with zero attached hydrogens (tertiary/aromatic N) is 2. The number of piperazine rings is 1. The summed E-state index contributed by atoms with van der Waals surface area (Å²) in [6, 6.07) is 0. The molecule has 5 nitrogen and oxygen atoms in total. The van der Waals surface area contributed by atoms with Gasteiger partial charge in [-0.1, -0.05) is 13.8 Å². The summed E-state index contributed by atoms with van der Waals surface area (Å²) in [6.45, 7) is 7.65. The first-order valence-corrected chi connectivity index (χ1v) is 5.26. The van der Waals surface area contributed by atoms with Crippen LogP contribution in [0.3, 0.4) is 0 Å². The van der Waals surface area contributed by atoms with E-state index in [4.69, 9.17) is 10.2 Å². The van der Waals surface area contributed by atoms with E-state index in [0.717, 1.165) is 19.6 Å². The number of carbonyl (C=O) groups is 1. The molecule has 88 valence electrons. The molecule has 0 aromatic carbocycles. The van der Waals surface area contributed by atoms with E-state index < -0.39 is 6.09 Å². The molecule has 1 aliphatic heterocycles. The average molecular weight is 216 g/mol. The summed E-state index contributed by atoms with van der Waals surface area (Å²) in [4.78, 5) is 14.3. The molecule has 0 bridgehead atoms. The van der Waals surface area contributed by atoms with E-state index in [2.05, 4.69) is 4.90 Å². The highest BCUT2D eigenvalue weighted by Crippen LogP contribution is 2.16. The van der Waals surface area contributed by atoms with Crippen LogP contribution in [0.1, 0.15) is 13.8 Å². The Morgan fingerprint density at radius 3 is 2.20 bits per heavy atom. The summed E-state index contributed by atoms with van der Waals surface area (Å²) in [7, 11) is 0. The van der Waals surface area contributed by atoms with Crippen molar-refractivity contribution in [2.75, 3.05) is 39.3 Å². The number of amides is 1. The van der Waals surface area contributed by atoms with E-state index in [1.165, 1.54) is 4.90 Å². The largest absolute Gasteiger partial charge is 0.465 e. The minimum absolute atomic E-state index is 0.106. The van der Waals surface area contributed by atoms with Gasteiger partial charge in [0.1, 0.15) is 0 Å². The Hall–Kier alpha value is -0.810. The van der Waals surface area contributed by atoms with Crippen molar-refractivity contribution in [3.05, 3.63) is 0 Å². The van der Waals surface area contributed by atoms with E-state index in [0.29, 0.717) is 13.1 Å². The Kier molecular flexibility index (Phi) is 3.93. The quantitative estimate of drug-likeness (QED) is 0.712. The van der Waals surface area contributed by atoms with E-state index >= 15 is 0 Å². The lowest BCUT2D eigenvalue weighted by Gasteiger charge is -2.37. The second kappa shape index (κ2) is 4.81. The first kappa shape index (κ1) is 12.3. The van der Waals surface area contributed by atoms with Crippen molar-refractivity contribution in [2.24, 2.45) is 5.41 Å². The maximum absolute atomic E-state index is 10.7. The normalized spacial score (nSPS) is 19.3. The van der Waals surface area contributed by atoms with Crippen molar-refractivity contribution in [1.29, 1.82) is 0 Å². The standard InChI is InChI=1S/C10H20N2O3/c1-10(2,8-13)7-11-3-5-12(6-4-11)9(14)15/h13H,3-8H2,1-2H3,(H,14,15). The Bertz CT molecular complexity index is 223. The van der Waals surface area contributed by atoms with Gasteiger partial charge >= 0.3 is 6.09 Å². The Labute approximate surface area is 90.3 Å². The molecule has 1 aliphatic rings. The third-order valence-electron chi connectivity index (χ3n) is 2.72. The molecule has 0 atom stereocenters. The van der Waals surface area contributed by atoms with Crippen LogP contribution in [0.15, 0.2) is 0 Å². The summed E-state index contributed by atoms with van der Waals surface area (Å²) < 4.78 is 0. The highest BCUT2D eigenvalue weighted by atomic mass is 16.4. The molecule has 2 N–H and O–H groups in total. The van der Waals surface area contributed by atoms with Crippen molar-refractivity contribution in [1.82, 2.24) is 9.80 Å².